The average molecular weight is 301 g/mol. The molecule has 0 bridgehead atoms. The summed E-state index contributed by atoms with van der Waals surface area (Å²) in [7, 11) is 0. The Balaban J connectivity index is 2.06. The van der Waals surface area contributed by atoms with E-state index in [0.717, 1.165) is 16.8 Å². The van der Waals surface area contributed by atoms with E-state index in [1.165, 1.54) is 0 Å². The van der Waals surface area contributed by atoms with Gasteiger partial charge in [-0.2, -0.15) is 5.10 Å². The van der Waals surface area contributed by atoms with Gasteiger partial charge in [0, 0.05) is 5.39 Å². The molecule has 0 unspecified atom stereocenters. The fourth-order valence-corrected chi connectivity index (χ4v) is 2.45. The number of aromatic nitrogens is 3. The van der Waals surface area contributed by atoms with E-state index in [1.54, 1.807) is 6.07 Å². The number of aryl methyl sites for hydroxylation is 2. The lowest BCUT2D eigenvalue weighted by atomic mass is 10.1. The Bertz CT molecular complexity index is 821. The topological polar surface area (TPSA) is 70.7 Å². The van der Waals surface area contributed by atoms with Crippen LogP contribution in [0.2, 0.25) is 5.15 Å². The van der Waals surface area contributed by atoms with E-state index < -0.39 is 0 Å². The van der Waals surface area contributed by atoms with Gasteiger partial charge in [-0.1, -0.05) is 29.8 Å². The van der Waals surface area contributed by atoms with Gasteiger partial charge in [-0.25, -0.2) is 4.98 Å². The Morgan fingerprint density at radius 1 is 1.29 bits per heavy atom. The maximum absolute atomic E-state index is 12.5. The van der Waals surface area contributed by atoms with E-state index in [-0.39, 0.29) is 5.91 Å². The Kier molecular flexibility index (Phi) is 3.35. The van der Waals surface area contributed by atoms with Gasteiger partial charge in [-0.05, 0) is 26.0 Å². The number of rotatable bonds is 2. The highest BCUT2D eigenvalue weighted by atomic mass is 35.5. The molecule has 0 aliphatic rings. The summed E-state index contributed by atoms with van der Waals surface area (Å²) in [6.07, 6.45) is 0. The van der Waals surface area contributed by atoms with E-state index in [2.05, 4.69) is 20.5 Å². The maximum Gasteiger partial charge on any atom is 0.256 e. The average Bonchev–Trinajstić information content (AvgIpc) is 2.78. The first-order valence-corrected chi connectivity index (χ1v) is 6.82. The minimum atomic E-state index is -0.233. The third-order valence-corrected chi connectivity index (χ3v) is 3.49. The zero-order valence-corrected chi connectivity index (χ0v) is 12.3. The van der Waals surface area contributed by atoms with E-state index >= 15 is 0 Å². The highest BCUT2D eigenvalue weighted by molar-refractivity contribution is 6.30. The number of anilines is 1. The van der Waals surface area contributed by atoms with Crippen LogP contribution in [0.5, 0.6) is 0 Å². The lowest BCUT2D eigenvalue weighted by Crippen LogP contribution is -2.13. The standard InChI is InChI=1S/C15H13ClN4O/c1-8-14(9(2)20-19-8)18-15(21)11-7-13(16)17-12-6-4-3-5-10(11)12/h3-7H,1-2H3,(H,18,21)(H,19,20). The van der Waals surface area contributed by atoms with Crippen molar-refractivity contribution < 1.29 is 4.79 Å². The molecule has 21 heavy (non-hydrogen) atoms. The fourth-order valence-electron chi connectivity index (χ4n) is 2.25. The lowest BCUT2D eigenvalue weighted by molar-refractivity contribution is 0.102. The number of halogens is 1. The van der Waals surface area contributed by atoms with E-state index in [1.807, 2.05) is 38.1 Å². The summed E-state index contributed by atoms with van der Waals surface area (Å²) in [5.74, 6) is -0.233. The molecule has 0 saturated heterocycles. The van der Waals surface area contributed by atoms with Crippen molar-refractivity contribution in [2.24, 2.45) is 0 Å². The smallest absolute Gasteiger partial charge is 0.256 e. The number of benzene rings is 1. The molecule has 5 nitrogen and oxygen atoms in total. The molecule has 0 saturated carbocycles. The molecule has 0 aliphatic carbocycles. The highest BCUT2D eigenvalue weighted by Crippen LogP contribution is 2.23. The van der Waals surface area contributed by atoms with Crippen molar-refractivity contribution in [2.75, 3.05) is 5.32 Å². The number of pyridine rings is 1. The fraction of sp³-hybridized carbons (Fsp3) is 0.133. The number of aromatic amines is 1. The second kappa shape index (κ2) is 5.18. The summed E-state index contributed by atoms with van der Waals surface area (Å²) >= 11 is 6.00. The number of nitrogens with one attached hydrogen (secondary N) is 2. The number of H-pyrrole nitrogens is 1. The van der Waals surface area contributed by atoms with Gasteiger partial charge in [0.15, 0.2) is 0 Å². The lowest BCUT2D eigenvalue weighted by Gasteiger charge is -2.08. The number of carbonyl (C=O) groups excluding carboxylic acids is 1. The zero-order valence-electron chi connectivity index (χ0n) is 11.6. The van der Waals surface area contributed by atoms with Crippen LogP contribution in [0.4, 0.5) is 5.69 Å². The molecule has 2 aromatic heterocycles. The van der Waals surface area contributed by atoms with Gasteiger partial charge in [-0.3, -0.25) is 9.89 Å². The van der Waals surface area contributed by atoms with E-state index in [4.69, 9.17) is 11.6 Å². The number of hydrogen-bond acceptors (Lipinski definition) is 3. The van der Waals surface area contributed by atoms with Crippen LogP contribution in [0.25, 0.3) is 10.9 Å². The van der Waals surface area contributed by atoms with Gasteiger partial charge in [-0.15, -0.1) is 0 Å². The van der Waals surface area contributed by atoms with Gasteiger partial charge in [0.2, 0.25) is 0 Å². The number of hydrogen-bond donors (Lipinski definition) is 2. The summed E-state index contributed by atoms with van der Waals surface area (Å²) < 4.78 is 0. The normalized spacial score (nSPS) is 10.8. The quantitative estimate of drug-likeness (QED) is 0.712. The van der Waals surface area contributed by atoms with Crippen molar-refractivity contribution in [3.8, 4) is 0 Å². The van der Waals surface area contributed by atoms with Crippen molar-refractivity contribution in [3.63, 3.8) is 0 Å². The second-order valence-electron chi connectivity index (χ2n) is 4.77. The van der Waals surface area contributed by atoms with Crippen LogP contribution in [0.15, 0.2) is 30.3 Å². The summed E-state index contributed by atoms with van der Waals surface area (Å²) in [6, 6.07) is 8.97. The molecular formula is C15H13ClN4O. The van der Waals surface area contributed by atoms with Gasteiger partial charge < -0.3 is 5.32 Å². The molecule has 0 aliphatic heterocycles. The van der Waals surface area contributed by atoms with Crippen LogP contribution in [-0.4, -0.2) is 21.1 Å². The molecule has 2 heterocycles. The Hall–Kier alpha value is -2.40. The third kappa shape index (κ3) is 2.48. The summed E-state index contributed by atoms with van der Waals surface area (Å²) in [5, 5.41) is 10.8. The highest BCUT2D eigenvalue weighted by Gasteiger charge is 2.15. The second-order valence-corrected chi connectivity index (χ2v) is 5.16. The first kappa shape index (κ1) is 13.6. The van der Waals surface area contributed by atoms with Crippen LogP contribution in [-0.2, 0) is 0 Å². The van der Waals surface area contributed by atoms with Crippen molar-refractivity contribution in [2.45, 2.75) is 13.8 Å². The maximum atomic E-state index is 12.5. The van der Waals surface area contributed by atoms with Gasteiger partial charge >= 0.3 is 0 Å². The molecule has 0 radical (unpaired) electrons. The van der Waals surface area contributed by atoms with Crippen LogP contribution in [0.1, 0.15) is 21.7 Å². The first-order valence-electron chi connectivity index (χ1n) is 6.44. The van der Waals surface area contributed by atoms with Crippen LogP contribution < -0.4 is 5.32 Å². The molecule has 1 aromatic carbocycles. The van der Waals surface area contributed by atoms with Crippen LogP contribution >= 0.6 is 11.6 Å². The van der Waals surface area contributed by atoms with Crippen LogP contribution in [0.3, 0.4) is 0 Å². The molecule has 106 valence electrons. The molecule has 1 amide bonds. The predicted molar refractivity (Wildman–Crippen MR) is 82.8 cm³/mol. The van der Waals surface area contributed by atoms with Crippen molar-refractivity contribution in [1.29, 1.82) is 0 Å². The molecule has 3 aromatic rings. The zero-order chi connectivity index (χ0) is 15.0. The Morgan fingerprint density at radius 3 is 2.76 bits per heavy atom. The first-order chi connectivity index (χ1) is 10.1. The Morgan fingerprint density at radius 2 is 2.05 bits per heavy atom. The number of nitrogens with zero attached hydrogens (tertiary/aromatic N) is 2. The molecule has 0 spiro atoms. The van der Waals surface area contributed by atoms with E-state index in [0.29, 0.717) is 21.9 Å². The number of carbonyl (C=O) groups is 1. The SMILES string of the molecule is Cc1n[nH]c(C)c1NC(=O)c1cc(Cl)nc2ccccc12. The minimum Gasteiger partial charge on any atom is -0.319 e. The number of fused-ring (bicyclic) bond motifs is 1. The number of para-hydroxylation sites is 1. The molecule has 3 rings (SSSR count). The molecule has 2 N–H and O–H groups in total. The van der Waals surface area contributed by atoms with Gasteiger partial charge in [0.05, 0.1) is 28.2 Å². The minimum absolute atomic E-state index is 0.233. The molecule has 6 heteroatoms. The predicted octanol–water partition coefficient (Wildman–Crippen LogP) is 3.48. The monoisotopic (exact) mass is 300 g/mol. The van der Waals surface area contributed by atoms with Crippen molar-refractivity contribution in [1.82, 2.24) is 15.2 Å². The molecule has 0 atom stereocenters. The van der Waals surface area contributed by atoms with E-state index in [9.17, 15) is 4.79 Å². The number of amides is 1. The third-order valence-electron chi connectivity index (χ3n) is 3.30. The van der Waals surface area contributed by atoms with Crippen molar-refractivity contribution >= 4 is 34.1 Å². The summed E-state index contributed by atoms with van der Waals surface area (Å²) in [5.41, 5.74) is 3.43. The summed E-state index contributed by atoms with van der Waals surface area (Å²) in [4.78, 5) is 16.8. The molecule has 0 fully saturated rings. The largest absolute Gasteiger partial charge is 0.319 e. The van der Waals surface area contributed by atoms with Crippen molar-refractivity contribution in [3.05, 3.63) is 52.4 Å². The Labute approximate surface area is 126 Å². The van der Waals surface area contributed by atoms with Gasteiger partial charge in [0.25, 0.3) is 5.91 Å². The molecular weight excluding hydrogens is 288 g/mol. The van der Waals surface area contributed by atoms with Crippen LogP contribution in [0, 0.1) is 13.8 Å². The summed E-state index contributed by atoms with van der Waals surface area (Å²) in [6.45, 7) is 3.68. The van der Waals surface area contributed by atoms with Gasteiger partial charge in [0.1, 0.15) is 5.15 Å².